The van der Waals surface area contributed by atoms with Gasteiger partial charge in [-0.25, -0.2) is 9.97 Å². The molecular formula is C41H29N3. The lowest BCUT2D eigenvalue weighted by Gasteiger charge is -2.21. The lowest BCUT2D eigenvalue weighted by molar-refractivity contribution is 0.666. The van der Waals surface area contributed by atoms with Gasteiger partial charge >= 0.3 is 0 Å². The third-order valence-electron chi connectivity index (χ3n) is 9.37. The molecule has 9 rings (SSSR count). The molecule has 0 aliphatic heterocycles. The first-order valence-electron chi connectivity index (χ1n) is 15.2. The van der Waals surface area contributed by atoms with Crippen LogP contribution in [0.3, 0.4) is 0 Å². The number of fused-ring (bicyclic) bond motifs is 7. The van der Waals surface area contributed by atoms with Crippen molar-refractivity contribution in [1.29, 1.82) is 0 Å². The first-order chi connectivity index (χ1) is 21.6. The Balaban J connectivity index is 1.33. The maximum Gasteiger partial charge on any atom is 0.235 e. The maximum absolute atomic E-state index is 5.40. The summed E-state index contributed by atoms with van der Waals surface area (Å²) in [6.45, 7) is 4.67. The van der Waals surface area contributed by atoms with Gasteiger partial charge in [0, 0.05) is 27.3 Å². The molecule has 0 atom stereocenters. The molecule has 3 nitrogen and oxygen atoms in total. The molecule has 2 heterocycles. The number of rotatable bonds is 3. The molecule has 0 saturated carbocycles. The van der Waals surface area contributed by atoms with Crippen molar-refractivity contribution in [3.8, 4) is 39.6 Å². The topological polar surface area (TPSA) is 30.7 Å². The van der Waals surface area contributed by atoms with E-state index in [1.165, 1.54) is 44.1 Å². The van der Waals surface area contributed by atoms with Gasteiger partial charge < -0.3 is 0 Å². The van der Waals surface area contributed by atoms with Crippen molar-refractivity contribution in [1.82, 2.24) is 14.5 Å². The summed E-state index contributed by atoms with van der Waals surface area (Å²) >= 11 is 0. The highest BCUT2D eigenvalue weighted by Crippen LogP contribution is 2.53. The second-order valence-corrected chi connectivity index (χ2v) is 12.3. The van der Waals surface area contributed by atoms with Gasteiger partial charge in [-0.05, 0) is 57.3 Å². The van der Waals surface area contributed by atoms with Crippen LogP contribution in [0, 0.1) is 0 Å². The molecule has 8 aromatic rings. The molecule has 0 saturated heterocycles. The third kappa shape index (κ3) is 3.56. The Labute approximate surface area is 256 Å². The van der Waals surface area contributed by atoms with Crippen LogP contribution in [0.25, 0.3) is 72.2 Å². The molecule has 3 heteroatoms. The highest BCUT2D eigenvalue weighted by Gasteiger charge is 2.40. The van der Waals surface area contributed by atoms with Crippen LogP contribution in [-0.2, 0) is 5.41 Å². The van der Waals surface area contributed by atoms with Crippen LogP contribution in [0.5, 0.6) is 0 Å². The van der Waals surface area contributed by atoms with Gasteiger partial charge in [0.15, 0.2) is 0 Å². The van der Waals surface area contributed by atoms with Gasteiger partial charge in [-0.1, -0.05) is 129 Å². The summed E-state index contributed by atoms with van der Waals surface area (Å²) in [6.07, 6.45) is 0. The van der Waals surface area contributed by atoms with E-state index in [1.807, 2.05) is 0 Å². The summed E-state index contributed by atoms with van der Waals surface area (Å²) in [6, 6.07) is 49.8. The Kier molecular flexibility index (Phi) is 5.24. The number of aromatic nitrogens is 3. The molecule has 0 radical (unpaired) electrons. The summed E-state index contributed by atoms with van der Waals surface area (Å²) < 4.78 is 2.29. The van der Waals surface area contributed by atoms with Gasteiger partial charge in [0.1, 0.15) is 0 Å². The monoisotopic (exact) mass is 563 g/mol. The Morgan fingerprint density at radius 3 is 2.14 bits per heavy atom. The standard InChI is InChI=1S/C41H29N3/c1-41(2)34-18-10-8-16-31(34)39-37(41)32-17-9-11-19-36(32)44(39)40-42-35-23-22-30(29-21-20-26-12-6-7-15-28(26)24-29)25-33(35)38(43-40)27-13-4-3-5-14-27/h3-25H,1-2H3. The molecule has 0 unspecified atom stereocenters. The molecular weight excluding hydrogens is 534 g/mol. The Hall–Kier alpha value is -5.54. The fourth-order valence-corrected chi connectivity index (χ4v) is 7.29. The molecule has 1 aliphatic carbocycles. The highest BCUT2D eigenvalue weighted by molar-refractivity contribution is 6.00. The van der Waals surface area contributed by atoms with Crippen molar-refractivity contribution in [2.45, 2.75) is 19.3 Å². The lowest BCUT2D eigenvalue weighted by Crippen LogP contribution is -2.14. The van der Waals surface area contributed by atoms with E-state index in [9.17, 15) is 0 Å². The molecule has 6 aromatic carbocycles. The van der Waals surface area contributed by atoms with Crippen molar-refractivity contribution in [3.63, 3.8) is 0 Å². The SMILES string of the molecule is CC1(C)c2ccccc2-c2c1c1ccccc1n2-c1nc(-c2ccccc2)c2cc(-c3ccc4ccccc4c3)ccc2n1. The molecule has 0 fully saturated rings. The van der Waals surface area contributed by atoms with Gasteiger partial charge in [0.25, 0.3) is 0 Å². The normalized spacial score (nSPS) is 13.4. The van der Waals surface area contributed by atoms with E-state index in [4.69, 9.17) is 9.97 Å². The Bertz CT molecular complexity index is 2410. The van der Waals surface area contributed by atoms with Crippen LogP contribution >= 0.6 is 0 Å². The average molecular weight is 564 g/mol. The van der Waals surface area contributed by atoms with E-state index in [0.717, 1.165) is 33.2 Å². The van der Waals surface area contributed by atoms with E-state index in [0.29, 0.717) is 5.95 Å². The van der Waals surface area contributed by atoms with Crippen LogP contribution in [-0.4, -0.2) is 14.5 Å². The van der Waals surface area contributed by atoms with Crippen molar-refractivity contribution >= 4 is 32.6 Å². The van der Waals surface area contributed by atoms with Crippen LogP contribution in [0.2, 0.25) is 0 Å². The second-order valence-electron chi connectivity index (χ2n) is 12.3. The van der Waals surface area contributed by atoms with Crippen LogP contribution in [0.1, 0.15) is 25.0 Å². The number of hydrogen-bond donors (Lipinski definition) is 0. The van der Waals surface area contributed by atoms with E-state index >= 15 is 0 Å². The summed E-state index contributed by atoms with van der Waals surface area (Å²) in [7, 11) is 0. The van der Waals surface area contributed by atoms with Gasteiger partial charge in [0.2, 0.25) is 5.95 Å². The zero-order valence-electron chi connectivity index (χ0n) is 24.6. The minimum absolute atomic E-state index is 0.134. The predicted molar refractivity (Wildman–Crippen MR) is 182 cm³/mol. The van der Waals surface area contributed by atoms with E-state index < -0.39 is 0 Å². The molecule has 0 N–H and O–H groups in total. The first-order valence-corrected chi connectivity index (χ1v) is 15.2. The van der Waals surface area contributed by atoms with Crippen LogP contribution in [0.4, 0.5) is 0 Å². The number of nitrogens with zero attached hydrogens (tertiary/aromatic N) is 3. The van der Waals surface area contributed by atoms with Gasteiger partial charge in [0.05, 0.1) is 22.4 Å². The molecule has 2 aromatic heterocycles. The summed E-state index contributed by atoms with van der Waals surface area (Å²) in [5.41, 5.74) is 11.4. The van der Waals surface area contributed by atoms with Crippen molar-refractivity contribution in [2.24, 2.45) is 0 Å². The maximum atomic E-state index is 5.40. The fourth-order valence-electron chi connectivity index (χ4n) is 7.29. The summed E-state index contributed by atoms with van der Waals surface area (Å²) in [4.78, 5) is 10.7. The molecule has 208 valence electrons. The first kappa shape index (κ1) is 25.0. The molecule has 44 heavy (non-hydrogen) atoms. The molecule has 1 aliphatic rings. The van der Waals surface area contributed by atoms with Crippen LogP contribution < -0.4 is 0 Å². The van der Waals surface area contributed by atoms with Crippen molar-refractivity contribution < 1.29 is 0 Å². The molecule has 0 spiro atoms. The quantitative estimate of drug-likeness (QED) is 0.214. The number of hydrogen-bond acceptors (Lipinski definition) is 2. The number of para-hydroxylation sites is 1. The highest BCUT2D eigenvalue weighted by atomic mass is 15.2. The van der Waals surface area contributed by atoms with Gasteiger partial charge in [-0.15, -0.1) is 0 Å². The Morgan fingerprint density at radius 2 is 1.25 bits per heavy atom. The minimum atomic E-state index is -0.134. The van der Waals surface area contributed by atoms with Crippen LogP contribution in [0.15, 0.2) is 140 Å². The smallest absolute Gasteiger partial charge is 0.235 e. The van der Waals surface area contributed by atoms with E-state index in [2.05, 4.69) is 158 Å². The lowest BCUT2D eigenvalue weighted by atomic mass is 9.81. The minimum Gasteiger partial charge on any atom is -0.278 e. The van der Waals surface area contributed by atoms with Gasteiger partial charge in [-0.3, -0.25) is 4.57 Å². The van der Waals surface area contributed by atoms with E-state index in [-0.39, 0.29) is 5.41 Å². The largest absolute Gasteiger partial charge is 0.278 e. The van der Waals surface area contributed by atoms with Gasteiger partial charge in [-0.2, -0.15) is 0 Å². The Morgan fingerprint density at radius 1 is 0.545 bits per heavy atom. The molecule has 0 bridgehead atoms. The predicted octanol–water partition coefficient (Wildman–Crippen LogP) is 10.4. The zero-order chi connectivity index (χ0) is 29.4. The summed E-state index contributed by atoms with van der Waals surface area (Å²) in [5, 5.41) is 4.77. The zero-order valence-corrected chi connectivity index (χ0v) is 24.6. The molecule has 0 amide bonds. The second kappa shape index (κ2) is 9.23. The average Bonchev–Trinajstić information content (AvgIpc) is 3.54. The van der Waals surface area contributed by atoms with E-state index in [1.54, 1.807) is 0 Å². The van der Waals surface area contributed by atoms with Crippen molar-refractivity contribution in [3.05, 3.63) is 151 Å². The van der Waals surface area contributed by atoms with Crippen molar-refractivity contribution in [2.75, 3.05) is 0 Å². The number of benzene rings is 6. The third-order valence-corrected chi connectivity index (χ3v) is 9.37. The fraction of sp³-hybridized carbons (Fsp3) is 0.0732. The summed E-state index contributed by atoms with van der Waals surface area (Å²) in [5.74, 6) is 0.694.